The molecule has 0 spiro atoms. The first-order valence-corrected chi connectivity index (χ1v) is 4.78. The normalized spacial score (nSPS) is 9.57. The SMILES string of the molecule is COC(=O)CC(=O)c1ccc(Br)cc1. The van der Waals surface area contributed by atoms with Crippen molar-refractivity contribution in [3.63, 3.8) is 0 Å². The molecule has 0 aliphatic carbocycles. The molecule has 0 amide bonds. The zero-order chi connectivity index (χ0) is 10.6. The molecule has 0 radical (unpaired) electrons. The summed E-state index contributed by atoms with van der Waals surface area (Å²) in [5.41, 5.74) is 0.513. The quantitative estimate of drug-likeness (QED) is 0.473. The van der Waals surface area contributed by atoms with Gasteiger partial charge in [-0.15, -0.1) is 0 Å². The molecule has 0 atom stereocenters. The molecule has 1 rings (SSSR count). The van der Waals surface area contributed by atoms with Crippen molar-refractivity contribution in [2.45, 2.75) is 6.42 Å². The van der Waals surface area contributed by atoms with Crippen molar-refractivity contribution in [2.75, 3.05) is 7.11 Å². The Hall–Kier alpha value is -1.16. The molecule has 0 heterocycles. The lowest BCUT2D eigenvalue weighted by molar-refractivity contribution is -0.139. The number of rotatable bonds is 3. The highest BCUT2D eigenvalue weighted by Crippen LogP contribution is 2.11. The van der Waals surface area contributed by atoms with Gasteiger partial charge in [0.2, 0.25) is 0 Å². The van der Waals surface area contributed by atoms with Gasteiger partial charge in [0, 0.05) is 10.0 Å². The van der Waals surface area contributed by atoms with Gasteiger partial charge < -0.3 is 4.74 Å². The van der Waals surface area contributed by atoms with E-state index >= 15 is 0 Å². The summed E-state index contributed by atoms with van der Waals surface area (Å²) >= 11 is 3.26. The number of hydrogen-bond donors (Lipinski definition) is 0. The molecule has 0 aliphatic rings. The molecule has 3 nitrogen and oxygen atoms in total. The molecule has 14 heavy (non-hydrogen) atoms. The van der Waals surface area contributed by atoms with E-state index in [-0.39, 0.29) is 12.2 Å². The van der Waals surface area contributed by atoms with Gasteiger partial charge in [-0.2, -0.15) is 0 Å². The minimum atomic E-state index is -0.516. The Kier molecular flexibility index (Phi) is 3.83. The lowest BCUT2D eigenvalue weighted by Crippen LogP contribution is -2.09. The van der Waals surface area contributed by atoms with Gasteiger partial charge in [0.1, 0.15) is 6.42 Å². The van der Waals surface area contributed by atoms with Crippen LogP contribution in [0.2, 0.25) is 0 Å². The Morgan fingerprint density at radius 2 is 1.86 bits per heavy atom. The second-order valence-electron chi connectivity index (χ2n) is 2.68. The molecule has 0 N–H and O–H groups in total. The Morgan fingerprint density at radius 3 is 2.36 bits per heavy atom. The molecule has 1 aromatic rings. The maximum Gasteiger partial charge on any atom is 0.313 e. The lowest BCUT2D eigenvalue weighted by Gasteiger charge is -1.99. The summed E-state index contributed by atoms with van der Waals surface area (Å²) in [6.07, 6.45) is -0.210. The molecule has 0 aliphatic heterocycles. The van der Waals surface area contributed by atoms with Crippen LogP contribution in [0.15, 0.2) is 28.7 Å². The van der Waals surface area contributed by atoms with Gasteiger partial charge in [-0.25, -0.2) is 0 Å². The van der Waals surface area contributed by atoms with E-state index in [0.717, 1.165) is 4.47 Å². The topological polar surface area (TPSA) is 43.4 Å². The van der Waals surface area contributed by atoms with E-state index in [4.69, 9.17) is 0 Å². The first-order valence-electron chi connectivity index (χ1n) is 3.99. The lowest BCUT2D eigenvalue weighted by atomic mass is 10.1. The maximum atomic E-state index is 11.4. The van der Waals surface area contributed by atoms with E-state index in [1.165, 1.54) is 7.11 Å². The van der Waals surface area contributed by atoms with Crippen molar-refractivity contribution in [1.82, 2.24) is 0 Å². The van der Waals surface area contributed by atoms with Crippen molar-refractivity contribution in [3.8, 4) is 0 Å². The van der Waals surface area contributed by atoms with Crippen molar-refractivity contribution in [1.29, 1.82) is 0 Å². The van der Waals surface area contributed by atoms with E-state index in [1.54, 1.807) is 24.3 Å². The molecule has 0 bridgehead atoms. The largest absolute Gasteiger partial charge is 0.469 e. The fourth-order valence-corrected chi connectivity index (χ4v) is 1.21. The first-order chi connectivity index (χ1) is 6.63. The summed E-state index contributed by atoms with van der Waals surface area (Å²) in [5.74, 6) is -0.748. The fraction of sp³-hybridized carbons (Fsp3) is 0.200. The van der Waals surface area contributed by atoms with Gasteiger partial charge in [0.25, 0.3) is 0 Å². The van der Waals surface area contributed by atoms with Gasteiger partial charge in [-0.1, -0.05) is 28.1 Å². The third-order valence-electron chi connectivity index (χ3n) is 1.70. The average Bonchev–Trinajstić information content (AvgIpc) is 2.18. The van der Waals surface area contributed by atoms with E-state index in [1.807, 2.05) is 0 Å². The van der Waals surface area contributed by atoms with Crippen molar-refractivity contribution >= 4 is 27.7 Å². The molecule has 0 fully saturated rings. The first kappa shape index (κ1) is 10.9. The number of methoxy groups -OCH3 is 1. The molecule has 4 heteroatoms. The number of ether oxygens (including phenoxy) is 1. The average molecular weight is 257 g/mol. The number of esters is 1. The standard InChI is InChI=1S/C10H9BrO3/c1-14-10(13)6-9(12)7-2-4-8(11)5-3-7/h2-5H,6H2,1H3. The van der Waals surface area contributed by atoms with Crippen LogP contribution in [-0.4, -0.2) is 18.9 Å². The van der Waals surface area contributed by atoms with Crippen LogP contribution in [-0.2, 0) is 9.53 Å². The van der Waals surface area contributed by atoms with Crippen LogP contribution in [0.5, 0.6) is 0 Å². The maximum absolute atomic E-state index is 11.4. The Morgan fingerprint density at radius 1 is 1.29 bits per heavy atom. The molecule has 0 unspecified atom stereocenters. The molecular weight excluding hydrogens is 248 g/mol. The predicted octanol–water partition coefficient (Wildman–Crippen LogP) is 2.19. The molecule has 0 aromatic heterocycles. The summed E-state index contributed by atoms with van der Waals surface area (Å²) in [5, 5.41) is 0. The minimum Gasteiger partial charge on any atom is -0.469 e. The number of ketones is 1. The Balaban J connectivity index is 2.70. The number of carbonyl (C=O) groups is 2. The molecule has 74 valence electrons. The summed E-state index contributed by atoms with van der Waals surface area (Å²) in [6, 6.07) is 6.83. The molecular formula is C10H9BrO3. The summed E-state index contributed by atoms with van der Waals surface area (Å²) in [7, 11) is 1.26. The number of hydrogen-bond acceptors (Lipinski definition) is 3. The van der Waals surface area contributed by atoms with E-state index < -0.39 is 5.97 Å². The minimum absolute atomic E-state index is 0.210. The Bertz CT molecular complexity index is 343. The predicted molar refractivity (Wildman–Crippen MR) is 55.1 cm³/mol. The summed E-state index contributed by atoms with van der Waals surface area (Å²) in [6.45, 7) is 0. The number of halogens is 1. The van der Waals surface area contributed by atoms with Gasteiger partial charge in [0.05, 0.1) is 7.11 Å². The van der Waals surface area contributed by atoms with E-state index in [2.05, 4.69) is 20.7 Å². The zero-order valence-electron chi connectivity index (χ0n) is 7.62. The van der Waals surface area contributed by atoms with Crippen LogP contribution in [0.3, 0.4) is 0 Å². The second kappa shape index (κ2) is 4.91. The van der Waals surface area contributed by atoms with Crippen molar-refractivity contribution in [3.05, 3.63) is 34.3 Å². The Labute approximate surface area is 90.2 Å². The van der Waals surface area contributed by atoms with E-state index in [0.29, 0.717) is 5.56 Å². The van der Waals surface area contributed by atoms with Gasteiger partial charge in [0.15, 0.2) is 5.78 Å². The molecule has 0 saturated heterocycles. The highest BCUT2D eigenvalue weighted by Gasteiger charge is 2.11. The van der Waals surface area contributed by atoms with Crippen molar-refractivity contribution < 1.29 is 14.3 Å². The van der Waals surface area contributed by atoms with Crippen LogP contribution in [0.25, 0.3) is 0 Å². The highest BCUT2D eigenvalue weighted by atomic mass is 79.9. The third-order valence-corrected chi connectivity index (χ3v) is 2.23. The van der Waals surface area contributed by atoms with Crippen LogP contribution >= 0.6 is 15.9 Å². The number of carbonyl (C=O) groups excluding carboxylic acids is 2. The highest BCUT2D eigenvalue weighted by molar-refractivity contribution is 9.10. The molecule has 0 saturated carbocycles. The van der Waals surface area contributed by atoms with Gasteiger partial charge in [-0.3, -0.25) is 9.59 Å². The van der Waals surface area contributed by atoms with Crippen LogP contribution in [0.4, 0.5) is 0 Å². The summed E-state index contributed by atoms with van der Waals surface area (Å²) in [4.78, 5) is 22.2. The van der Waals surface area contributed by atoms with Crippen molar-refractivity contribution in [2.24, 2.45) is 0 Å². The zero-order valence-corrected chi connectivity index (χ0v) is 9.21. The van der Waals surface area contributed by atoms with Crippen LogP contribution < -0.4 is 0 Å². The molecule has 1 aromatic carbocycles. The monoisotopic (exact) mass is 256 g/mol. The van der Waals surface area contributed by atoms with Crippen LogP contribution in [0.1, 0.15) is 16.8 Å². The fourth-order valence-electron chi connectivity index (χ4n) is 0.941. The third kappa shape index (κ3) is 2.96. The number of benzene rings is 1. The van der Waals surface area contributed by atoms with Gasteiger partial charge >= 0.3 is 5.97 Å². The smallest absolute Gasteiger partial charge is 0.313 e. The summed E-state index contributed by atoms with van der Waals surface area (Å²) < 4.78 is 5.29. The number of Topliss-reactive ketones (excluding diaryl/α,β-unsaturated/α-hetero) is 1. The second-order valence-corrected chi connectivity index (χ2v) is 3.60. The van der Waals surface area contributed by atoms with Gasteiger partial charge in [-0.05, 0) is 12.1 Å². The van der Waals surface area contributed by atoms with E-state index in [9.17, 15) is 9.59 Å². The van der Waals surface area contributed by atoms with Crippen LogP contribution in [0, 0.1) is 0 Å².